The molecule has 0 aromatic heterocycles. The van der Waals surface area contributed by atoms with Crippen molar-refractivity contribution in [3.8, 4) is 0 Å². The Morgan fingerprint density at radius 1 is 0.805 bits per heavy atom. The van der Waals surface area contributed by atoms with Crippen molar-refractivity contribution in [2.24, 2.45) is 0 Å². The second-order valence-corrected chi connectivity index (χ2v) is 8.53. The van der Waals surface area contributed by atoms with E-state index in [1.807, 2.05) is 19.0 Å². The SMILES string of the molecule is CN(C)CCCNC(=O)c1cccc(NC(=O)c2ccc(C(O)(C(F)(F)F)C(F)(F)F)cc2)c1.O=C(O)C(F)(F)F. The molecule has 228 valence electrons. The fourth-order valence-corrected chi connectivity index (χ4v) is 2.99. The average Bonchev–Trinajstić information content (AvgIpc) is 2.84. The van der Waals surface area contributed by atoms with Crippen LogP contribution in [0.2, 0.25) is 0 Å². The monoisotopic (exact) mass is 605 g/mol. The number of carbonyl (C=O) groups excluding carboxylic acids is 2. The Morgan fingerprint density at radius 3 is 1.76 bits per heavy atom. The number of nitrogens with one attached hydrogen (secondary N) is 2. The van der Waals surface area contributed by atoms with Crippen LogP contribution < -0.4 is 10.6 Å². The Bertz CT molecular complexity index is 1180. The van der Waals surface area contributed by atoms with Crippen LogP contribution in [-0.4, -0.2) is 78.6 Å². The lowest BCUT2D eigenvalue weighted by Gasteiger charge is -2.32. The molecule has 0 spiro atoms. The molecule has 0 aliphatic carbocycles. The molecule has 2 amide bonds. The van der Waals surface area contributed by atoms with Crippen molar-refractivity contribution in [2.45, 2.75) is 30.6 Å². The molecule has 0 aliphatic rings. The highest BCUT2D eigenvalue weighted by Gasteiger charge is 2.71. The molecule has 2 aromatic carbocycles. The summed E-state index contributed by atoms with van der Waals surface area (Å²) in [7, 11) is 3.79. The van der Waals surface area contributed by atoms with Gasteiger partial charge in [-0.1, -0.05) is 18.2 Å². The summed E-state index contributed by atoms with van der Waals surface area (Å²) in [6, 6.07) is 8.08. The first kappa shape index (κ1) is 35.2. The maximum atomic E-state index is 13.0. The summed E-state index contributed by atoms with van der Waals surface area (Å²) in [6.45, 7) is 1.21. The highest BCUT2D eigenvalue weighted by Crippen LogP contribution is 2.49. The predicted molar refractivity (Wildman–Crippen MR) is 126 cm³/mol. The van der Waals surface area contributed by atoms with Crippen molar-refractivity contribution in [2.75, 3.05) is 32.5 Å². The molecule has 4 N–H and O–H groups in total. The van der Waals surface area contributed by atoms with Crippen molar-refractivity contribution >= 4 is 23.5 Å². The lowest BCUT2D eigenvalue weighted by atomic mass is 9.91. The lowest BCUT2D eigenvalue weighted by Crippen LogP contribution is -2.53. The van der Waals surface area contributed by atoms with Gasteiger partial charge in [0.2, 0.25) is 0 Å². The third-order valence-corrected chi connectivity index (χ3v) is 5.08. The highest BCUT2D eigenvalue weighted by molar-refractivity contribution is 6.05. The van der Waals surface area contributed by atoms with E-state index in [-0.39, 0.29) is 22.7 Å². The van der Waals surface area contributed by atoms with Crippen molar-refractivity contribution in [1.29, 1.82) is 0 Å². The van der Waals surface area contributed by atoms with Gasteiger partial charge in [0.05, 0.1) is 0 Å². The Morgan fingerprint density at radius 2 is 1.32 bits per heavy atom. The van der Waals surface area contributed by atoms with Gasteiger partial charge in [0.15, 0.2) is 0 Å². The number of nitrogens with zero attached hydrogens (tertiary/aromatic N) is 1. The minimum atomic E-state index is -6.03. The second-order valence-electron chi connectivity index (χ2n) is 8.53. The van der Waals surface area contributed by atoms with Gasteiger partial charge < -0.3 is 25.7 Å². The van der Waals surface area contributed by atoms with E-state index >= 15 is 0 Å². The third-order valence-electron chi connectivity index (χ3n) is 5.08. The summed E-state index contributed by atoms with van der Waals surface area (Å²) in [4.78, 5) is 35.5. The molecule has 0 unspecified atom stereocenters. The number of aliphatic hydroxyl groups is 1. The predicted octanol–water partition coefficient (Wildman–Crippen LogP) is 4.57. The molecule has 0 saturated carbocycles. The smallest absolute Gasteiger partial charge is 0.475 e. The summed E-state index contributed by atoms with van der Waals surface area (Å²) in [5.74, 6) is -3.97. The molecule has 41 heavy (non-hydrogen) atoms. The van der Waals surface area contributed by atoms with E-state index in [9.17, 15) is 54.2 Å². The zero-order valence-electron chi connectivity index (χ0n) is 21.2. The first-order valence-corrected chi connectivity index (χ1v) is 11.2. The minimum absolute atomic E-state index is 0.192. The van der Waals surface area contributed by atoms with Crippen LogP contribution in [0.4, 0.5) is 45.2 Å². The van der Waals surface area contributed by atoms with E-state index in [2.05, 4.69) is 10.6 Å². The fraction of sp³-hybridized carbons (Fsp3) is 0.375. The summed E-state index contributed by atoms with van der Waals surface area (Å²) in [5.41, 5.74) is -6.37. The van der Waals surface area contributed by atoms with Crippen LogP contribution in [0, 0.1) is 0 Å². The van der Waals surface area contributed by atoms with Crippen LogP contribution in [0.15, 0.2) is 48.5 Å². The quantitative estimate of drug-likeness (QED) is 0.259. The maximum absolute atomic E-state index is 13.0. The lowest BCUT2D eigenvalue weighted by molar-refractivity contribution is -0.376. The van der Waals surface area contributed by atoms with Gasteiger partial charge in [0.25, 0.3) is 17.4 Å². The Labute approximate surface area is 226 Å². The molecular weight excluding hydrogens is 581 g/mol. The van der Waals surface area contributed by atoms with E-state index in [0.29, 0.717) is 18.7 Å². The number of anilines is 1. The molecule has 8 nitrogen and oxygen atoms in total. The summed E-state index contributed by atoms with van der Waals surface area (Å²) in [5, 5.41) is 21.7. The number of benzene rings is 2. The summed E-state index contributed by atoms with van der Waals surface area (Å²) < 4.78 is 110. The van der Waals surface area contributed by atoms with Crippen LogP contribution in [0.5, 0.6) is 0 Å². The van der Waals surface area contributed by atoms with Gasteiger partial charge in [-0.05, 0) is 57.4 Å². The van der Waals surface area contributed by atoms with Gasteiger partial charge in [-0.25, -0.2) is 4.79 Å². The first-order chi connectivity index (χ1) is 18.6. The zero-order valence-corrected chi connectivity index (χ0v) is 21.2. The van der Waals surface area contributed by atoms with Gasteiger partial charge in [-0.2, -0.15) is 39.5 Å². The van der Waals surface area contributed by atoms with Crippen LogP contribution in [0.3, 0.4) is 0 Å². The van der Waals surface area contributed by atoms with Crippen LogP contribution >= 0.6 is 0 Å². The van der Waals surface area contributed by atoms with Gasteiger partial charge in [-0.3, -0.25) is 9.59 Å². The van der Waals surface area contributed by atoms with Crippen molar-refractivity contribution in [3.63, 3.8) is 0 Å². The van der Waals surface area contributed by atoms with Gasteiger partial charge >= 0.3 is 24.5 Å². The molecule has 0 aliphatic heterocycles. The molecule has 0 heterocycles. The van der Waals surface area contributed by atoms with E-state index in [1.165, 1.54) is 24.3 Å². The molecule has 0 bridgehead atoms. The zero-order chi connectivity index (χ0) is 31.8. The average molecular weight is 605 g/mol. The van der Waals surface area contributed by atoms with E-state index in [1.54, 1.807) is 0 Å². The Hall–Kier alpha value is -3.86. The molecule has 0 saturated heterocycles. The van der Waals surface area contributed by atoms with Crippen molar-refractivity contribution in [3.05, 3.63) is 65.2 Å². The summed E-state index contributed by atoms with van der Waals surface area (Å²) in [6.07, 6.45) is -16.4. The van der Waals surface area contributed by atoms with Crippen LogP contribution in [0.1, 0.15) is 32.7 Å². The second kappa shape index (κ2) is 13.7. The molecule has 0 radical (unpaired) electrons. The summed E-state index contributed by atoms with van der Waals surface area (Å²) >= 11 is 0. The van der Waals surface area contributed by atoms with Crippen LogP contribution in [0.25, 0.3) is 0 Å². The molecule has 17 heteroatoms. The Balaban J connectivity index is 0.00000106. The minimum Gasteiger partial charge on any atom is -0.475 e. The van der Waals surface area contributed by atoms with Gasteiger partial charge in [-0.15, -0.1) is 0 Å². The number of alkyl halides is 9. The van der Waals surface area contributed by atoms with Gasteiger partial charge in [0, 0.05) is 28.9 Å². The molecule has 2 aromatic rings. The Kier molecular flexibility index (Phi) is 11.7. The maximum Gasteiger partial charge on any atom is 0.490 e. The highest BCUT2D eigenvalue weighted by atomic mass is 19.4. The van der Waals surface area contributed by atoms with Crippen molar-refractivity contribution < 1.29 is 64.1 Å². The number of rotatable bonds is 8. The number of carbonyl (C=O) groups is 3. The molecule has 0 fully saturated rings. The largest absolute Gasteiger partial charge is 0.490 e. The molecule has 2 rings (SSSR count). The normalized spacial score (nSPS) is 12.3. The standard InChI is InChI=1S/C22H23F6N3O3.C2HF3O2/c1-31(2)12-4-11-29-18(32)15-5-3-6-17(13-15)30-19(33)14-7-9-16(10-8-14)20(34,21(23,24)25)22(26,27)28;3-2(4,5)1(6)7/h3,5-10,13,34H,4,11-12H2,1-2H3,(H,29,32)(H,30,33);(H,6,7). The van der Waals surface area contributed by atoms with Gasteiger partial charge in [0.1, 0.15) is 0 Å². The van der Waals surface area contributed by atoms with E-state index < -0.39 is 41.6 Å². The number of hydrogen-bond donors (Lipinski definition) is 4. The number of amides is 2. The number of carboxylic acid groups (broad SMARTS) is 1. The number of halogens is 9. The number of carboxylic acids is 1. The topological polar surface area (TPSA) is 119 Å². The molecule has 0 atom stereocenters. The fourth-order valence-electron chi connectivity index (χ4n) is 2.99. The van der Waals surface area contributed by atoms with Crippen LogP contribution in [-0.2, 0) is 10.4 Å². The molecular formula is C24H24F9N3O5. The third kappa shape index (κ3) is 9.93. The van der Waals surface area contributed by atoms with E-state index in [4.69, 9.17) is 9.90 Å². The van der Waals surface area contributed by atoms with E-state index in [0.717, 1.165) is 25.1 Å². The number of hydrogen-bond acceptors (Lipinski definition) is 5. The van der Waals surface area contributed by atoms with Crippen molar-refractivity contribution in [1.82, 2.24) is 10.2 Å². The number of aliphatic carboxylic acids is 1. The first-order valence-electron chi connectivity index (χ1n) is 11.2.